The highest BCUT2D eigenvalue weighted by Gasteiger charge is 2.26. The van der Waals surface area contributed by atoms with E-state index in [1.165, 1.54) is 6.08 Å². The van der Waals surface area contributed by atoms with Crippen LogP contribution >= 0.6 is 0 Å². The molecule has 0 aliphatic heterocycles. The third-order valence-electron chi connectivity index (χ3n) is 2.10. The third-order valence-corrected chi connectivity index (χ3v) is 2.10. The van der Waals surface area contributed by atoms with Crippen molar-refractivity contribution in [1.82, 2.24) is 0 Å². The molecule has 1 aliphatic carbocycles. The van der Waals surface area contributed by atoms with Gasteiger partial charge in [0.2, 0.25) is 0 Å². The minimum atomic E-state index is -0.448. The molecule has 0 saturated heterocycles. The molecule has 0 aromatic carbocycles. The largest absolute Gasteiger partial charge is 0.460 e. The summed E-state index contributed by atoms with van der Waals surface area (Å²) in [5.41, 5.74) is -0.448. The summed E-state index contributed by atoms with van der Waals surface area (Å²) in [4.78, 5) is 11.5. The van der Waals surface area contributed by atoms with E-state index in [-0.39, 0.29) is 17.7 Å². The Hall–Kier alpha value is -0.860. The zero-order valence-corrected chi connectivity index (χ0v) is 8.97. The van der Waals surface area contributed by atoms with Gasteiger partial charge < -0.3 is 4.74 Å². The van der Waals surface area contributed by atoms with Gasteiger partial charge in [-0.3, -0.25) is 4.79 Å². The van der Waals surface area contributed by atoms with Crippen LogP contribution < -0.4 is 0 Å². The van der Waals surface area contributed by atoms with E-state index in [4.69, 9.17) is 4.74 Å². The molecule has 0 aromatic heterocycles. The van der Waals surface area contributed by atoms with Gasteiger partial charge in [-0.2, -0.15) is 0 Å². The molecule has 0 heterocycles. The SMILES string of the molecule is CC(C)(C)OC(=O)C1CC=C(F)CC1. The summed E-state index contributed by atoms with van der Waals surface area (Å²) >= 11 is 0. The Kier molecular flexibility index (Phi) is 3.29. The average Bonchev–Trinajstić information content (AvgIpc) is 2.02. The zero-order valence-electron chi connectivity index (χ0n) is 8.97. The molecule has 0 spiro atoms. The number of carbonyl (C=O) groups is 1. The second kappa shape index (κ2) is 4.11. The van der Waals surface area contributed by atoms with E-state index in [9.17, 15) is 9.18 Å². The molecule has 1 aliphatic rings. The number of halogens is 1. The number of allylic oxidation sites excluding steroid dienone is 2. The van der Waals surface area contributed by atoms with E-state index < -0.39 is 5.60 Å². The second-order valence-corrected chi connectivity index (χ2v) is 4.66. The molecule has 80 valence electrons. The second-order valence-electron chi connectivity index (χ2n) is 4.66. The Balaban J connectivity index is 2.47. The van der Waals surface area contributed by atoms with Gasteiger partial charge in [-0.1, -0.05) is 6.08 Å². The molecule has 0 N–H and O–H groups in total. The molecule has 0 amide bonds. The van der Waals surface area contributed by atoms with Gasteiger partial charge in [-0.25, -0.2) is 4.39 Å². The maximum Gasteiger partial charge on any atom is 0.309 e. The molecule has 0 radical (unpaired) electrons. The van der Waals surface area contributed by atoms with Crippen molar-refractivity contribution in [2.24, 2.45) is 5.92 Å². The number of rotatable bonds is 1. The summed E-state index contributed by atoms with van der Waals surface area (Å²) in [7, 11) is 0. The standard InChI is InChI=1S/C11H17FO2/c1-11(2,3)14-10(13)8-4-6-9(12)7-5-8/h6,8H,4-5,7H2,1-3H3. The summed E-state index contributed by atoms with van der Waals surface area (Å²) < 4.78 is 17.9. The number of esters is 1. The smallest absolute Gasteiger partial charge is 0.309 e. The Morgan fingerprint density at radius 1 is 1.57 bits per heavy atom. The molecular formula is C11H17FO2. The minimum Gasteiger partial charge on any atom is -0.460 e. The third kappa shape index (κ3) is 3.48. The molecule has 0 bridgehead atoms. The zero-order chi connectivity index (χ0) is 10.8. The van der Waals surface area contributed by atoms with Crippen molar-refractivity contribution in [2.75, 3.05) is 0 Å². The van der Waals surface area contributed by atoms with Gasteiger partial charge in [-0.15, -0.1) is 0 Å². The highest BCUT2D eigenvalue weighted by Crippen LogP contribution is 2.26. The predicted octanol–water partition coefficient (Wildman–Crippen LogP) is 2.98. The molecule has 1 rings (SSSR count). The highest BCUT2D eigenvalue weighted by molar-refractivity contribution is 5.73. The summed E-state index contributed by atoms with van der Waals surface area (Å²) in [6, 6.07) is 0. The molecule has 14 heavy (non-hydrogen) atoms. The van der Waals surface area contributed by atoms with E-state index in [0.717, 1.165) is 0 Å². The van der Waals surface area contributed by atoms with Gasteiger partial charge >= 0.3 is 5.97 Å². The Morgan fingerprint density at radius 2 is 2.21 bits per heavy atom. The van der Waals surface area contributed by atoms with E-state index in [1.807, 2.05) is 20.8 Å². The molecular weight excluding hydrogens is 183 g/mol. The maximum atomic E-state index is 12.7. The molecule has 0 saturated carbocycles. The Morgan fingerprint density at radius 3 is 2.64 bits per heavy atom. The lowest BCUT2D eigenvalue weighted by Crippen LogP contribution is -2.29. The maximum absolute atomic E-state index is 12.7. The lowest BCUT2D eigenvalue weighted by Gasteiger charge is -2.24. The molecule has 3 heteroatoms. The lowest BCUT2D eigenvalue weighted by molar-refractivity contribution is -0.160. The molecule has 2 nitrogen and oxygen atoms in total. The molecule has 0 aromatic rings. The first-order chi connectivity index (χ1) is 6.38. The lowest BCUT2D eigenvalue weighted by atomic mass is 9.94. The van der Waals surface area contributed by atoms with Crippen LogP contribution in [-0.2, 0) is 9.53 Å². The van der Waals surface area contributed by atoms with Gasteiger partial charge in [0.15, 0.2) is 0 Å². The van der Waals surface area contributed by atoms with Crippen molar-refractivity contribution < 1.29 is 13.9 Å². The first-order valence-corrected chi connectivity index (χ1v) is 4.96. The van der Waals surface area contributed by atoms with Gasteiger partial charge in [-0.05, 0) is 40.0 Å². The van der Waals surface area contributed by atoms with Gasteiger partial charge in [0.1, 0.15) is 5.60 Å². The van der Waals surface area contributed by atoms with E-state index in [0.29, 0.717) is 19.3 Å². The number of hydrogen-bond acceptors (Lipinski definition) is 2. The number of ether oxygens (including phenoxy) is 1. The molecule has 0 fully saturated rings. The Labute approximate surface area is 84.1 Å². The van der Waals surface area contributed by atoms with Crippen LogP contribution in [-0.4, -0.2) is 11.6 Å². The van der Waals surface area contributed by atoms with Crippen LogP contribution in [0.1, 0.15) is 40.0 Å². The topological polar surface area (TPSA) is 26.3 Å². The van der Waals surface area contributed by atoms with E-state index >= 15 is 0 Å². The van der Waals surface area contributed by atoms with Gasteiger partial charge in [0.05, 0.1) is 11.7 Å². The van der Waals surface area contributed by atoms with Crippen molar-refractivity contribution in [2.45, 2.75) is 45.6 Å². The quantitative estimate of drug-likeness (QED) is 0.608. The van der Waals surface area contributed by atoms with Crippen molar-refractivity contribution in [1.29, 1.82) is 0 Å². The van der Waals surface area contributed by atoms with E-state index in [1.54, 1.807) is 0 Å². The fourth-order valence-corrected chi connectivity index (χ4v) is 1.40. The normalized spacial score (nSPS) is 22.9. The van der Waals surface area contributed by atoms with Crippen molar-refractivity contribution >= 4 is 5.97 Å². The minimum absolute atomic E-state index is 0.107. The van der Waals surface area contributed by atoms with E-state index in [2.05, 4.69) is 0 Å². The Bertz CT molecular complexity index is 251. The van der Waals surface area contributed by atoms with Crippen LogP contribution in [0.3, 0.4) is 0 Å². The monoisotopic (exact) mass is 200 g/mol. The summed E-state index contributed by atoms with van der Waals surface area (Å²) in [6.45, 7) is 5.51. The number of hydrogen-bond donors (Lipinski definition) is 0. The molecule has 1 unspecified atom stereocenters. The van der Waals surface area contributed by atoms with Crippen LogP contribution in [0.2, 0.25) is 0 Å². The van der Waals surface area contributed by atoms with Crippen LogP contribution in [0, 0.1) is 5.92 Å². The van der Waals surface area contributed by atoms with Gasteiger partial charge in [0.25, 0.3) is 0 Å². The fourth-order valence-electron chi connectivity index (χ4n) is 1.40. The first-order valence-electron chi connectivity index (χ1n) is 4.96. The summed E-state index contributed by atoms with van der Waals surface area (Å²) in [5, 5.41) is 0. The van der Waals surface area contributed by atoms with Crippen molar-refractivity contribution in [3.63, 3.8) is 0 Å². The van der Waals surface area contributed by atoms with Crippen LogP contribution in [0.5, 0.6) is 0 Å². The summed E-state index contributed by atoms with van der Waals surface area (Å²) in [6.07, 6.45) is 2.89. The predicted molar refractivity (Wildman–Crippen MR) is 52.4 cm³/mol. The fraction of sp³-hybridized carbons (Fsp3) is 0.727. The first kappa shape index (κ1) is 11.2. The van der Waals surface area contributed by atoms with Gasteiger partial charge in [0, 0.05) is 0 Å². The van der Waals surface area contributed by atoms with Crippen LogP contribution in [0.4, 0.5) is 4.39 Å². The van der Waals surface area contributed by atoms with Crippen LogP contribution in [0.25, 0.3) is 0 Å². The summed E-state index contributed by atoms with van der Waals surface area (Å²) in [5.74, 6) is -0.472. The number of carbonyl (C=O) groups excluding carboxylic acids is 1. The van der Waals surface area contributed by atoms with Crippen molar-refractivity contribution in [3.05, 3.63) is 11.9 Å². The highest BCUT2D eigenvalue weighted by atomic mass is 19.1. The van der Waals surface area contributed by atoms with Crippen molar-refractivity contribution in [3.8, 4) is 0 Å². The average molecular weight is 200 g/mol. The van der Waals surface area contributed by atoms with Crippen LogP contribution in [0.15, 0.2) is 11.9 Å². The molecule has 1 atom stereocenters.